The van der Waals surface area contributed by atoms with Gasteiger partial charge in [0.2, 0.25) is 0 Å². The molecule has 0 radical (unpaired) electrons. The quantitative estimate of drug-likeness (QED) is 0.161. The molecule has 0 atom stereocenters. The molecule has 0 spiro atoms. The summed E-state index contributed by atoms with van der Waals surface area (Å²) in [5.41, 5.74) is -2.85. The third-order valence-corrected chi connectivity index (χ3v) is 11.9. The van der Waals surface area contributed by atoms with Crippen LogP contribution in [0.1, 0.15) is 27.8 Å². The van der Waals surface area contributed by atoms with E-state index in [1.54, 1.807) is 94.1 Å². The van der Waals surface area contributed by atoms with Crippen LogP contribution in [-0.4, -0.2) is 14.1 Å². The Balaban J connectivity index is 1.29. The summed E-state index contributed by atoms with van der Waals surface area (Å²) in [6.45, 7) is 0. The lowest BCUT2D eigenvalue weighted by Crippen LogP contribution is -2.11. The smallest absolute Gasteiger partial charge is 0.307 e. The van der Waals surface area contributed by atoms with E-state index in [9.17, 15) is 57.9 Å². The fraction of sp³-hybridized carbons (Fsp3) is 0.0769. The molecule has 338 valence electrons. The first-order valence-electron chi connectivity index (χ1n) is 20.3. The summed E-state index contributed by atoms with van der Waals surface area (Å²) in [5.74, 6) is 0. The van der Waals surface area contributed by atoms with Crippen molar-refractivity contribution in [2.24, 2.45) is 0 Å². The molecule has 16 heteroatoms. The number of nitrogens with zero attached hydrogens (tertiary/aromatic N) is 4. The number of rotatable bonds is 5. The zero-order valence-electron chi connectivity index (χ0n) is 34.3. The monoisotopic (exact) mass is 934 g/mol. The number of fused-ring (bicyclic) bond motifs is 6. The third kappa shape index (κ3) is 7.53. The molecule has 0 aliphatic heterocycles. The molecule has 0 saturated carbocycles. The van der Waals surface area contributed by atoms with Crippen molar-refractivity contribution in [3.63, 3.8) is 0 Å². The van der Waals surface area contributed by atoms with Crippen LogP contribution in [0.4, 0.5) is 52.7 Å². The minimum atomic E-state index is -5.11. The topological polar surface area (TPSA) is 46.5 Å². The van der Waals surface area contributed by atoms with E-state index in [1.165, 1.54) is 36.7 Å². The Morgan fingerprint density at radius 3 is 1.09 bits per heavy atom. The van der Waals surface area contributed by atoms with Crippen LogP contribution in [0, 0.1) is 11.3 Å². The summed E-state index contributed by atoms with van der Waals surface area (Å²) >= 11 is 0. The first-order valence-corrected chi connectivity index (χ1v) is 20.3. The van der Waals surface area contributed by atoms with Gasteiger partial charge in [-0.05, 0) is 101 Å². The van der Waals surface area contributed by atoms with Crippen LogP contribution in [0.2, 0.25) is 0 Å². The number of hydrogen-bond acceptors (Lipinski definition) is 2. The van der Waals surface area contributed by atoms with Crippen LogP contribution in [0.3, 0.4) is 0 Å². The Bertz CT molecular complexity index is 3420. The highest BCUT2D eigenvalue weighted by Gasteiger charge is 2.39. The molecule has 10 rings (SSSR count). The minimum Gasteiger partial charge on any atom is -0.307 e. The summed E-state index contributed by atoms with van der Waals surface area (Å²) < 4.78 is 172. The van der Waals surface area contributed by atoms with Crippen LogP contribution < -0.4 is 0 Å². The largest absolute Gasteiger partial charge is 0.416 e. The lowest BCUT2D eigenvalue weighted by atomic mass is 9.97. The van der Waals surface area contributed by atoms with Crippen molar-refractivity contribution < 1.29 is 52.7 Å². The van der Waals surface area contributed by atoms with Gasteiger partial charge in [-0.1, -0.05) is 72.8 Å². The summed E-state index contributed by atoms with van der Waals surface area (Å²) in [6.07, 6.45) is -17.4. The first-order chi connectivity index (χ1) is 32.2. The maximum Gasteiger partial charge on any atom is 0.416 e. The summed E-state index contributed by atoms with van der Waals surface area (Å²) in [7, 11) is 0. The molecule has 0 aliphatic rings. The summed E-state index contributed by atoms with van der Waals surface area (Å²) in [6, 6.07) is 34.4. The highest BCUT2D eigenvalue weighted by atomic mass is 19.4. The number of halogens is 12. The predicted octanol–water partition coefficient (Wildman–Crippen LogP) is 16.2. The number of para-hydroxylation sites is 2. The van der Waals surface area contributed by atoms with Gasteiger partial charge in [0.1, 0.15) is 0 Å². The van der Waals surface area contributed by atoms with E-state index in [1.807, 2.05) is 0 Å². The van der Waals surface area contributed by atoms with E-state index in [-0.39, 0.29) is 34.4 Å². The van der Waals surface area contributed by atoms with Crippen molar-refractivity contribution in [3.8, 4) is 50.8 Å². The number of pyridine rings is 1. The Labute approximate surface area is 376 Å². The Hall–Kier alpha value is -8.06. The van der Waals surface area contributed by atoms with Crippen molar-refractivity contribution in [2.45, 2.75) is 24.7 Å². The molecule has 10 aromatic rings. The maximum absolute atomic E-state index is 14.1. The second kappa shape index (κ2) is 15.5. The second-order valence-corrected chi connectivity index (χ2v) is 16.0. The van der Waals surface area contributed by atoms with Crippen molar-refractivity contribution >= 4 is 43.6 Å². The number of alkyl halides is 12. The average Bonchev–Trinajstić information content (AvgIpc) is 3.82. The Morgan fingerprint density at radius 2 is 0.721 bits per heavy atom. The van der Waals surface area contributed by atoms with Gasteiger partial charge in [0, 0.05) is 27.1 Å². The van der Waals surface area contributed by atoms with E-state index in [2.05, 4.69) is 11.1 Å². The molecule has 0 N–H and O–H groups in total. The SMILES string of the molecule is N#Cc1ccc(-c2c(-n3c4ccccc4c4ccc(-c5cc(C(F)(F)F)cc(C(F)(F)F)c5)cc43)cncc2-n2c3ccccc3c3ccc(-c4cc(C(F)(F)F)cc(C(F)(F)F)c4)cc32)cc1. The molecular formula is C52H26F12N4. The number of hydrogen-bond donors (Lipinski definition) is 0. The zero-order chi connectivity index (χ0) is 48.1. The molecule has 7 aromatic carbocycles. The molecule has 0 aliphatic carbocycles. The van der Waals surface area contributed by atoms with Gasteiger partial charge in [0.05, 0.1) is 79.7 Å². The van der Waals surface area contributed by atoms with Gasteiger partial charge in [0.25, 0.3) is 0 Å². The number of nitriles is 1. The Kier molecular flexibility index (Phi) is 9.99. The van der Waals surface area contributed by atoms with E-state index in [0.29, 0.717) is 95.9 Å². The van der Waals surface area contributed by atoms with E-state index < -0.39 is 47.0 Å². The highest BCUT2D eigenvalue weighted by molar-refractivity contribution is 6.13. The first kappa shape index (κ1) is 43.8. The Morgan fingerprint density at radius 1 is 0.368 bits per heavy atom. The van der Waals surface area contributed by atoms with Crippen molar-refractivity contribution in [1.29, 1.82) is 5.26 Å². The summed E-state index contributed by atoms with van der Waals surface area (Å²) in [5, 5.41) is 12.2. The molecule has 3 aromatic heterocycles. The average molecular weight is 935 g/mol. The van der Waals surface area contributed by atoms with Gasteiger partial charge in [0.15, 0.2) is 0 Å². The molecule has 0 saturated heterocycles. The van der Waals surface area contributed by atoms with Crippen molar-refractivity contribution in [3.05, 3.63) is 186 Å². The normalized spacial score (nSPS) is 12.7. The number of benzene rings is 7. The molecule has 0 bridgehead atoms. The van der Waals surface area contributed by atoms with Crippen LogP contribution in [-0.2, 0) is 24.7 Å². The van der Waals surface area contributed by atoms with Crippen LogP contribution >= 0.6 is 0 Å². The third-order valence-electron chi connectivity index (χ3n) is 11.9. The fourth-order valence-electron chi connectivity index (χ4n) is 8.85. The van der Waals surface area contributed by atoms with Gasteiger partial charge in [-0.15, -0.1) is 0 Å². The molecule has 0 amide bonds. The lowest BCUT2D eigenvalue weighted by molar-refractivity contribution is -0.144. The van der Waals surface area contributed by atoms with Crippen LogP contribution in [0.15, 0.2) is 158 Å². The molecule has 0 fully saturated rings. The second-order valence-electron chi connectivity index (χ2n) is 16.0. The van der Waals surface area contributed by atoms with Gasteiger partial charge in [-0.2, -0.15) is 57.9 Å². The van der Waals surface area contributed by atoms with Gasteiger partial charge >= 0.3 is 24.7 Å². The van der Waals surface area contributed by atoms with E-state index in [0.717, 1.165) is 0 Å². The molecule has 3 heterocycles. The van der Waals surface area contributed by atoms with Crippen molar-refractivity contribution in [2.75, 3.05) is 0 Å². The maximum atomic E-state index is 14.1. The summed E-state index contributed by atoms with van der Waals surface area (Å²) in [4.78, 5) is 4.67. The number of aromatic nitrogens is 3. The zero-order valence-corrected chi connectivity index (χ0v) is 34.3. The van der Waals surface area contributed by atoms with Gasteiger partial charge in [-0.3, -0.25) is 4.98 Å². The molecular weight excluding hydrogens is 909 g/mol. The van der Waals surface area contributed by atoms with E-state index >= 15 is 0 Å². The highest BCUT2D eigenvalue weighted by Crippen LogP contribution is 2.45. The van der Waals surface area contributed by atoms with Gasteiger partial charge < -0.3 is 9.13 Å². The molecule has 68 heavy (non-hydrogen) atoms. The van der Waals surface area contributed by atoms with Gasteiger partial charge in [-0.25, -0.2) is 0 Å². The van der Waals surface area contributed by atoms with Crippen molar-refractivity contribution in [1.82, 2.24) is 14.1 Å². The van der Waals surface area contributed by atoms with Crippen LogP contribution in [0.25, 0.3) is 88.4 Å². The standard InChI is InChI=1S/C52H26F12N4/c53-49(54,55)34-17-32(18-35(23-34)50(56,57)58)30-13-15-40-38-5-1-3-7-42(38)67(44(40)21-30)46-26-66-27-47(48(46)29-11-9-28(25-65)10-12-29)68-43-8-4-2-6-39(43)41-16-14-31(22-45(41)68)33-19-36(51(59,60)61)24-37(20-33)52(62,63)64/h1-24,26-27H. The fourth-order valence-corrected chi connectivity index (χ4v) is 8.85. The molecule has 4 nitrogen and oxygen atoms in total. The predicted molar refractivity (Wildman–Crippen MR) is 234 cm³/mol. The van der Waals surface area contributed by atoms with Crippen LogP contribution in [0.5, 0.6) is 0 Å². The lowest BCUT2D eigenvalue weighted by Gasteiger charge is -2.20. The minimum absolute atomic E-state index is 0.0281. The molecule has 0 unspecified atom stereocenters. The van der Waals surface area contributed by atoms with E-state index in [4.69, 9.17) is 0 Å².